The third-order valence-electron chi connectivity index (χ3n) is 1.49. The number of halogens is 3. The predicted octanol–water partition coefficient (Wildman–Crippen LogP) is 1.51. The zero-order chi connectivity index (χ0) is 11.6. The summed E-state index contributed by atoms with van der Waals surface area (Å²) in [5.41, 5.74) is 0. The number of hydrogen-bond donors (Lipinski definition) is 2. The van der Waals surface area contributed by atoms with Gasteiger partial charge in [0, 0.05) is 5.75 Å². The maximum atomic E-state index is 11.8. The molecular weight excluding hydrogens is 221 g/mol. The Morgan fingerprint density at radius 3 is 2.14 bits per heavy atom. The molecule has 0 aromatic rings. The molecule has 0 radical (unpaired) electrons. The van der Waals surface area contributed by atoms with Gasteiger partial charge in [0.05, 0.1) is 0 Å². The van der Waals surface area contributed by atoms with Gasteiger partial charge in [-0.3, -0.25) is 4.79 Å². The molecular formula is C7H11F3O3S. The lowest BCUT2D eigenvalue weighted by Gasteiger charge is -2.21. The van der Waals surface area contributed by atoms with Crippen LogP contribution in [0.5, 0.6) is 0 Å². The molecule has 0 saturated heterocycles. The Morgan fingerprint density at radius 1 is 1.43 bits per heavy atom. The van der Waals surface area contributed by atoms with Crippen LogP contribution in [0.2, 0.25) is 0 Å². The van der Waals surface area contributed by atoms with E-state index in [9.17, 15) is 18.0 Å². The number of aliphatic hydroxyl groups is 1. The molecule has 1 unspecified atom stereocenters. The molecule has 0 aromatic heterocycles. The molecule has 3 nitrogen and oxygen atoms in total. The van der Waals surface area contributed by atoms with Crippen LogP contribution in [0.25, 0.3) is 0 Å². The van der Waals surface area contributed by atoms with Crippen molar-refractivity contribution < 1.29 is 28.2 Å². The van der Waals surface area contributed by atoms with E-state index in [1.54, 1.807) is 0 Å². The Kier molecular flexibility index (Phi) is 4.26. The van der Waals surface area contributed by atoms with Crippen molar-refractivity contribution in [1.29, 1.82) is 0 Å². The first kappa shape index (κ1) is 13.6. The monoisotopic (exact) mass is 232 g/mol. The first-order valence-electron chi connectivity index (χ1n) is 3.69. The van der Waals surface area contributed by atoms with E-state index in [1.807, 2.05) is 0 Å². The summed E-state index contributed by atoms with van der Waals surface area (Å²) in [7, 11) is 0. The summed E-state index contributed by atoms with van der Waals surface area (Å²) in [6.45, 7) is 2.56. The molecule has 0 bridgehead atoms. The summed E-state index contributed by atoms with van der Waals surface area (Å²) in [6, 6.07) is 0. The lowest BCUT2D eigenvalue weighted by molar-refractivity contribution is -0.195. The molecule has 0 fully saturated rings. The molecule has 0 amide bonds. The van der Waals surface area contributed by atoms with Gasteiger partial charge in [0.15, 0.2) is 6.10 Å². The van der Waals surface area contributed by atoms with Crippen molar-refractivity contribution in [1.82, 2.24) is 0 Å². The van der Waals surface area contributed by atoms with E-state index in [4.69, 9.17) is 10.2 Å². The van der Waals surface area contributed by atoms with Crippen molar-refractivity contribution >= 4 is 17.7 Å². The van der Waals surface area contributed by atoms with Gasteiger partial charge in [0.2, 0.25) is 0 Å². The molecule has 84 valence electrons. The zero-order valence-corrected chi connectivity index (χ0v) is 8.45. The normalized spacial score (nSPS) is 15.3. The highest BCUT2D eigenvalue weighted by Crippen LogP contribution is 2.29. The Labute approximate surface area is 83.3 Å². The van der Waals surface area contributed by atoms with Gasteiger partial charge < -0.3 is 10.2 Å². The molecule has 0 saturated carbocycles. The van der Waals surface area contributed by atoms with E-state index in [-0.39, 0.29) is 0 Å². The fourth-order valence-electron chi connectivity index (χ4n) is 0.443. The van der Waals surface area contributed by atoms with Crippen LogP contribution in [0, 0.1) is 0 Å². The van der Waals surface area contributed by atoms with E-state index >= 15 is 0 Å². The number of carbonyl (C=O) groups is 1. The predicted molar refractivity (Wildman–Crippen MR) is 46.2 cm³/mol. The van der Waals surface area contributed by atoms with Crippen LogP contribution in [0.3, 0.4) is 0 Å². The molecule has 0 spiro atoms. The number of carboxylic acids is 1. The van der Waals surface area contributed by atoms with Gasteiger partial charge in [0.25, 0.3) is 0 Å². The third-order valence-corrected chi connectivity index (χ3v) is 2.87. The second-order valence-corrected chi connectivity index (χ2v) is 4.83. The van der Waals surface area contributed by atoms with Gasteiger partial charge in [-0.05, 0) is 13.8 Å². The van der Waals surface area contributed by atoms with E-state index in [0.717, 1.165) is 0 Å². The Hall–Kier alpha value is -0.430. The summed E-state index contributed by atoms with van der Waals surface area (Å²) >= 11 is 0.552. The van der Waals surface area contributed by atoms with Gasteiger partial charge >= 0.3 is 12.1 Å². The smallest absolute Gasteiger partial charge is 0.415 e. The number of aliphatic carboxylic acids is 1. The molecule has 0 aromatic carbocycles. The van der Waals surface area contributed by atoms with Crippen molar-refractivity contribution in [3.05, 3.63) is 0 Å². The minimum Gasteiger partial charge on any atom is -0.480 e. The molecule has 0 aliphatic heterocycles. The average Bonchev–Trinajstić information content (AvgIpc) is 1.98. The molecule has 1 atom stereocenters. The number of thioether (sulfide) groups is 1. The number of hydrogen-bond acceptors (Lipinski definition) is 3. The highest BCUT2D eigenvalue weighted by atomic mass is 32.2. The summed E-state index contributed by atoms with van der Waals surface area (Å²) in [4.78, 5) is 10.5. The van der Waals surface area contributed by atoms with Crippen LogP contribution in [0.15, 0.2) is 0 Å². The topological polar surface area (TPSA) is 57.5 Å². The van der Waals surface area contributed by atoms with Crippen LogP contribution in [0.4, 0.5) is 13.2 Å². The van der Waals surface area contributed by atoms with Crippen LogP contribution in [-0.2, 0) is 4.79 Å². The first-order chi connectivity index (χ1) is 6.07. The molecule has 2 N–H and O–H groups in total. The lowest BCUT2D eigenvalue weighted by Crippen LogP contribution is -2.35. The van der Waals surface area contributed by atoms with Crippen LogP contribution in [-0.4, -0.2) is 39.0 Å². The average molecular weight is 232 g/mol. The van der Waals surface area contributed by atoms with Gasteiger partial charge in [0.1, 0.15) is 4.75 Å². The maximum Gasteiger partial charge on any atom is 0.415 e. The lowest BCUT2D eigenvalue weighted by atomic mass is 10.2. The fraction of sp³-hybridized carbons (Fsp3) is 0.857. The van der Waals surface area contributed by atoms with E-state index in [2.05, 4.69) is 0 Å². The standard InChI is InChI=1S/C7H11F3O3S/c1-6(2,5(12)13)14-3-4(11)7(8,9)10/h4,11H,3H2,1-2H3,(H,12,13). The highest BCUT2D eigenvalue weighted by Gasteiger charge is 2.40. The van der Waals surface area contributed by atoms with E-state index in [1.165, 1.54) is 13.8 Å². The summed E-state index contributed by atoms with van der Waals surface area (Å²) < 4.78 is 34.1. The number of carboxylic acid groups (broad SMARTS) is 1. The minimum atomic E-state index is -4.69. The maximum absolute atomic E-state index is 11.8. The quantitative estimate of drug-likeness (QED) is 0.771. The van der Waals surface area contributed by atoms with Gasteiger partial charge in [-0.15, -0.1) is 11.8 Å². The van der Waals surface area contributed by atoms with Crippen molar-refractivity contribution in [2.75, 3.05) is 5.75 Å². The number of aliphatic hydroxyl groups excluding tert-OH is 1. The minimum absolute atomic E-state index is 0.552. The summed E-state index contributed by atoms with van der Waals surface area (Å²) in [5, 5.41) is 17.2. The molecule has 0 rings (SSSR count). The SMILES string of the molecule is CC(C)(SCC(O)C(F)(F)F)C(=O)O. The molecule has 14 heavy (non-hydrogen) atoms. The number of alkyl halides is 3. The summed E-state index contributed by atoms with van der Waals surface area (Å²) in [5.74, 6) is -1.89. The fourth-order valence-corrected chi connectivity index (χ4v) is 1.33. The Morgan fingerprint density at radius 2 is 1.86 bits per heavy atom. The first-order valence-corrected chi connectivity index (χ1v) is 4.68. The van der Waals surface area contributed by atoms with Gasteiger partial charge in [-0.25, -0.2) is 0 Å². The Bertz CT molecular complexity index is 215. The second-order valence-electron chi connectivity index (χ2n) is 3.18. The molecule has 0 aliphatic rings. The molecule has 0 heterocycles. The largest absolute Gasteiger partial charge is 0.480 e. The third kappa shape index (κ3) is 4.19. The highest BCUT2D eigenvalue weighted by molar-refractivity contribution is 8.01. The Balaban J connectivity index is 4.13. The van der Waals surface area contributed by atoms with E-state index < -0.39 is 28.7 Å². The summed E-state index contributed by atoms with van der Waals surface area (Å²) in [6.07, 6.45) is -7.17. The van der Waals surface area contributed by atoms with E-state index in [0.29, 0.717) is 11.8 Å². The van der Waals surface area contributed by atoms with Crippen molar-refractivity contribution in [3.8, 4) is 0 Å². The van der Waals surface area contributed by atoms with Gasteiger partial charge in [-0.1, -0.05) is 0 Å². The molecule has 0 aliphatic carbocycles. The van der Waals surface area contributed by atoms with Crippen LogP contribution in [0.1, 0.15) is 13.8 Å². The van der Waals surface area contributed by atoms with Crippen molar-refractivity contribution in [3.63, 3.8) is 0 Å². The number of rotatable bonds is 4. The van der Waals surface area contributed by atoms with Gasteiger partial charge in [-0.2, -0.15) is 13.2 Å². The van der Waals surface area contributed by atoms with Crippen LogP contribution < -0.4 is 0 Å². The molecule has 7 heteroatoms. The zero-order valence-electron chi connectivity index (χ0n) is 7.63. The van der Waals surface area contributed by atoms with Crippen molar-refractivity contribution in [2.24, 2.45) is 0 Å². The van der Waals surface area contributed by atoms with Crippen LogP contribution >= 0.6 is 11.8 Å². The second kappa shape index (κ2) is 4.39. The van der Waals surface area contributed by atoms with Crippen molar-refractivity contribution in [2.45, 2.75) is 30.9 Å².